The number of nitrogens with one attached hydrogen (secondary N) is 2. The molecule has 8 heteroatoms. The van der Waals surface area contributed by atoms with E-state index in [0.29, 0.717) is 5.82 Å². The van der Waals surface area contributed by atoms with Gasteiger partial charge in [0.15, 0.2) is 5.82 Å². The summed E-state index contributed by atoms with van der Waals surface area (Å²) in [5, 5.41) is 16.6. The van der Waals surface area contributed by atoms with Gasteiger partial charge in [0.1, 0.15) is 5.82 Å². The van der Waals surface area contributed by atoms with E-state index in [2.05, 4.69) is 65.5 Å². The molecule has 0 radical (unpaired) electrons. The molecule has 0 aliphatic heterocycles. The average Bonchev–Trinajstić information content (AvgIpc) is 2.97. The Balaban J connectivity index is 1.84. The molecule has 1 aliphatic rings. The van der Waals surface area contributed by atoms with Crippen LogP contribution in [0.2, 0.25) is 0 Å². The second-order valence-electron chi connectivity index (χ2n) is 8.52. The fourth-order valence-corrected chi connectivity index (χ4v) is 3.18. The van der Waals surface area contributed by atoms with Gasteiger partial charge in [-0.1, -0.05) is 39.8 Å². The minimum atomic E-state index is -0.130. The first-order valence-electron chi connectivity index (χ1n) is 8.52. The van der Waals surface area contributed by atoms with Crippen LogP contribution in [0, 0.1) is 5.41 Å². The Kier molecular flexibility index (Phi) is 4.30. The van der Waals surface area contributed by atoms with Crippen LogP contribution < -0.4 is 5.32 Å². The lowest BCUT2D eigenvalue weighted by Gasteiger charge is -2.37. The van der Waals surface area contributed by atoms with Crippen LogP contribution in [0.3, 0.4) is 0 Å². The van der Waals surface area contributed by atoms with Crippen LogP contribution in [0.5, 0.6) is 0 Å². The maximum Gasteiger partial charge on any atom is 0.228 e. The Morgan fingerprint density at radius 3 is 2.80 bits per heavy atom. The molecule has 0 spiro atoms. The minimum absolute atomic E-state index is 0.0561. The summed E-state index contributed by atoms with van der Waals surface area (Å²) in [6.45, 7) is 10.7. The molecule has 0 saturated heterocycles. The number of amides is 1. The Morgan fingerprint density at radius 1 is 1.40 bits per heavy atom. The summed E-state index contributed by atoms with van der Waals surface area (Å²) in [6, 6.07) is -0.104. The van der Waals surface area contributed by atoms with E-state index in [1.807, 2.05) is 6.20 Å². The van der Waals surface area contributed by atoms with Crippen molar-refractivity contribution >= 4 is 5.91 Å². The highest BCUT2D eigenvalue weighted by molar-refractivity contribution is 5.78. The molecule has 0 unspecified atom stereocenters. The number of nitrogens with zero attached hydrogens (tertiary/aromatic N) is 5. The van der Waals surface area contributed by atoms with Gasteiger partial charge >= 0.3 is 0 Å². The number of tetrazole rings is 1. The van der Waals surface area contributed by atoms with Gasteiger partial charge in [0.25, 0.3) is 0 Å². The third-order valence-corrected chi connectivity index (χ3v) is 4.39. The predicted octanol–water partition coefficient (Wildman–Crippen LogP) is 1.66. The SMILES string of the molecule is CC1(C)Cc2nc(C(C)(C)C)ncc2[C@H](NC(=O)Cc2nn[nH]n2)C1. The van der Waals surface area contributed by atoms with Gasteiger partial charge < -0.3 is 5.32 Å². The van der Waals surface area contributed by atoms with Gasteiger partial charge in [0.2, 0.25) is 5.91 Å². The fraction of sp³-hybridized carbons (Fsp3) is 0.647. The van der Waals surface area contributed by atoms with E-state index in [0.717, 1.165) is 29.9 Å². The van der Waals surface area contributed by atoms with Gasteiger partial charge in [-0.2, -0.15) is 5.21 Å². The van der Waals surface area contributed by atoms with E-state index in [-0.39, 0.29) is 29.2 Å². The first-order valence-corrected chi connectivity index (χ1v) is 8.52. The van der Waals surface area contributed by atoms with Gasteiger partial charge in [0.05, 0.1) is 12.5 Å². The van der Waals surface area contributed by atoms with Crippen molar-refractivity contribution in [1.82, 2.24) is 35.9 Å². The largest absolute Gasteiger partial charge is 0.349 e. The highest BCUT2D eigenvalue weighted by Crippen LogP contribution is 2.40. The summed E-state index contributed by atoms with van der Waals surface area (Å²) in [5.74, 6) is 1.09. The third kappa shape index (κ3) is 4.00. The van der Waals surface area contributed by atoms with Crippen LogP contribution in [-0.2, 0) is 23.1 Å². The molecular formula is C17H25N7O. The summed E-state index contributed by atoms with van der Waals surface area (Å²) < 4.78 is 0. The minimum Gasteiger partial charge on any atom is -0.349 e. The monoisotopic (exact) mass is 343 g/mol. The predicted molar refractivity (Wildman–Crippen MR) is 91.6 cm³/mol. The van der Waals surface area contributed by atoms with Crippen LogP contribution in [0.4, 0.5) is 0 Å². The molecule has 2 aromatic rings. The molecule has 1 atom stereocenters. The maximum atomic E-state index is 12.4. The van der Waals surface area contributed by atoms with Gasteiger partial charge in [-0.3, -0.25) is 4.79 Å². The van der Waals surface area contributed by atoms with Crippen molar-refractivity contribution in [1.29, 1.82) is 0 Å². The molecule has 2 aromatic heterocycles. The Morgan fingerprint density at radius 2 is 2.16 bits per heavy atom. The number of hydrogen-bond acceptors (Lipinski definition) is 6. The maximum absolute atomic E-state index is 12.4. The molecule has 2 N–H and O–H groups in total. The zero-order chi connectivity index (χ0) is 18.2. The zero-order valence-electron chi connectivity index (χ0n) is 15.4. The molecule has 0 bridgehead atoms. The van der Waals surface area contributed by atoms with Crippen molar-refractivity contribution in [2.24, 2.45) is 5.41 Å². The average molecular weight is 343 g/mol. The number of fused-ring (bicyclic) bond motifs is 1. The Labute approximate surface area is 147 Å². The van der Waals surface area contributed by atoms with E-state index < -0.39 is 0 Å². The van der Waals surface area contributed by atoms with Crippen LogP contribution in [0.1, 0.15) is 70.0 Å². The van der Waals surface area contributed by atoms with Gasteiger partial charge in [-0.25, -0.2) is 9.97 Å². The highest BCUT2D eigenvalue weighted by Gasteiger charge is 2.35. The lowest BCUT2D eigenvalue weighted by Crippen LogP contribution is -2.38. The molecule has 0 saturated carbocycles. The molecule has 1 amide bonds. The van der Waals surface area contributed by atoms with Crippen LogP contribution >= 0.6 is 0 Å². The number of hydrogen-bond donors (Lipinski definition) is 2. The molecule has 1 aliphatic carbocycles. The van der Waals surface area contributed by atoms with Gasteiger partial charge in [-0.05, 0) is 18.3 Å². The van der Waals surface area contributed by atoms with E-state index >= 15 is 0 Å². The second kappa shape index (κ2) is 6.16. The zero-order valence-corrected chi connectivity index (χ0v) is 15.4. The lowest BCUT2D eigenvalue weighted by atomic mass is 9.74. The number of carbonyl (C=O) groups excluding carboxylic acids is 1. The third-order valence-electron chi connectivity index (χ3n) is 4.39. The number of aromatic amines is 1. The molecule has 134 valence electrons. The topological polar surface area (TPSA) is 109 Å². The summed E-state index contributed by atoms with van der Waals surface area (Å²) in [6.07, 6.45) is 3.70. The lowest BCUT2D eigenvalue weighted by molar-refractivity contribution is -0.121. The number of rotatable bonds is 3. The van der Waals surface area contributed by atoms with Crippen molar-refractivity contribution in [3.63, 3.8) is 0 Å². The van der Waals surface area contributed by atoms with Gasteiger partial charge in [-0.15, -0.1) is 10.2 Å². The van der Waals surface area contributed by atoms with Crippen molar-refractivity contribution in [3.8, 4) is 0 Å². The molecule has 25 heavy (non-hydrogen) atoms. The second-order valence-corrected chi connectivity index (χ2v) is 8.52. The van der Waals surface area contributed by atoms with Crippen molar-refractivity contribution in [2.45, 2.75) is 65.3 Å². The van der Waals surface area contributed by atoms with Crippen LogP contribution in [-0.4, -0.2) is 36.5 Å². The smallest absolute Gasteiger partial charge is 0.228 e. The number of H-pyrrole nitrogens is 1. The Hall–Kier alpha value is -2.38. The summed E-state index contributed by atoms with van der Waals surface area (Å²) in [7, 11) is 0. The first-order chi connectivity index (χ1) is 11.6. The number of aromatic nitrogens is 6. The van der Waals surface area contributed by atoms with E-state index in [1.165, 1.54) is 0 Å². The normalized spacial score (nSPS) is 19.3. The van der Waals surface area contributed by atoms with Crippen molar-refractivity contribution in [2.75, 3.05) is 0 Å². The van der Waals surface area contributed by atoms with Crippen molar-refractivity contribution in [3.05, 3.63) is 29.1 Å². The summed E-state index contributed by atoms with van der Waals surface area (Å²) in [4.78, 5) is 21.7. The highest BCUT2D eigenvalue weighted by atomic mass is 16.1. The molecule has 8 nitrogen and oxygen atoms in total. The quantitative estimate of drug-likeness (QED) is 0.877. The molecular weight excluding hydrogens is 318 g/mol. The van der Waals surface area contributed by atoms with Crippen LogP contribution in [0.15, 0.2) is 6.20 Å². The molecule has 2 heterocycles. The Bertz CT molecular complexity index is 762. The van der Waals surface area contributed by atoms with Crippen LogP contribution in [0.25, 0.3) is 0 Å². The number of carbonyl (C=O) groups is 1. The summed E-state index contributed by atoms with van der Waals surface area (Å²) in [5.41, 5.74) is 1.99. The van der Waals surface area contributed by atoms with E-state index in [4.69, 9.17) is 4.98 Å². The van der Waals surface area contributed by atoms with Crippen molar-refractivity contribution < 1.29 is 4.79 Å². The fourth-order valence-electron chi connectivity index (χ4n) is 3.18. The standard InChI is InChI=1S/C17H25N7O/c1-16(2,3)15-18-9-10-11(7-17(4,5)8-12(10)20-15)19-14(25)6-13-21-23-24-22-13/h9,11H,6-8H2,1-5H3,(H,19,25)(H,21,22,23,24)/t11-/m1/s1. The molecule has 0 fully saturated rings. The molecule has 3 rings (SSSR count). The first kappa shape index (κ1) is 17.4. The van der Waals surface area contributed by atoms with E-state index in [9.17, 15) is 4.79 Å². The molecule has 0 aromatic carbocycles. The summed E-state index contributed by atoms with van der Waals surface area (Å²) >= 11 is 0. The van der Waals surface area contributed by atoms with E-state index in [1.54, 1.807) is 0 Å². The van der Waals surface area contributed by atoms with Gasteiger partial charge in [0, 0.05) is 22.9 Å².